The van der Waals surface area contributed by atoms with Crippen molar-refractivity contribution in [1.82, 2.24) is 0 Å². The van der Waals surface area contributed by atoms with Gasteiger partial charge in [-0.2, -0.15) is 0 Å². The molecule has 2 aromatic carbocycles. The number of carbonyl (C=O) groups is 2. The molecule has 0 spiro atoms. The molecule has 0 amide bonds. The van der Waals surface area contributed by atoms with Crippen molar-refractivity contribution in [2.75, 3.05) is 13.2 Å². The molecule has 2 unspecified atom stereocenters. The Hall–Kier alpha value is -2.09. The Morgan fingerprint density at radius 2 is 2.10 bits per heavy atom. The maximum atomic E-state index is 12.4. The maximum Gasteiger partial charge on any atom is 0.352 e. The predicted molar refractivity (Wildman–Crippen MR) is 111 cm³/mol. The van der Waals surface area contributed by atoms with Gasteiger partial charge in [0, 0.05) is 11.6 Å². The molecule has 0 aliphatic carbocycles. The Balaban J connectivity index is 1.56. The SMILES string of the molecule is CC(Oc1ccc(Cl)cc1Br)C(=O)Oc1cccc(C(=O)OCC2CCCO2)c1. The monoisotopic (exact) mass is 482 g/mol. The first kappa shape index (κ1) is 21.6. The molecule has 6 nitrogen and oxygen atoms in total. The van der Waals surface area contributed by atoms with Gasteiger partial charge < -0.3 is 18.9 Å². The van der Waals surface area contributed by atoms with E-state index in [0.717, 1.165) is 12.8 Å². The van der Waals surface area contributed by atoms with E-state index < -0.39 is 18.0 Å². The molecule has 1 aliphatic rings. The van der Waals surface area contributed by atoms with E-state index >= 15 is 0 Å². The Morgan fingerprint density at radius 3 is 2.83 bits per heavy atom. The summed E-state index contributed by atoms with van der Waals surface area (Å²) in [5, 5.41) is 0.544. The number of hydrogen-bond donors (Lipinski definition) is 0. The van der Waals surface area contributed by atoms with Crippen LogP contribution in [-0.2, 0) is 14.3 Å². The second-order valence-corrected chi connectivity index (χ2v) is 7.81. The Morgan fingerprint density at radius 1 is 1.28 bits per heavy atom. The largest absolute Gasteiger partial charge is 0.478 e. The Kier molecular flexibility index (Phi) is 7.52. The highest BCUT2D eigenvalue weighted by molar-refractivity contribution is 9.10. The molecule has 0 N–H and O–H groups in total. The highest BCUT2D eigenvalue weighted by atomic mass is 79.9. The number of esters is 2. The third-order valence-corrected chi connectivity index (χ3v) is 5.10. The highest BCUT2D eigenvalue weighted by Gasteiger charge is 2.21. The van der Waals surface area contributed by atoms with E-state index in [2.05, 4.69) is 15.9 Å². The molecule has 0 radical (unpaired) electrons. The van der Waals surface area contributed by atoms with Gasteiger partial charge in [-0.3, -0.25) is 0 Å². The number of carbonyl (C=O) groups excluding carboxylic acids is 2. The molecule has 0 bridgehead atoms. The third-order valence-electron chi connectivity index (χ3n) is 4.24. The summed E-state index contributed by atoms with van der Waals surface area (Å²) in [7, 11) is 0. The second kappa shape index (κ2) is 10.1. The number of rotatable bonds is 7. The molecule has 2 atom stereocenters. The fraction of sp³-hybridized carbons (Fsp3) is 0.333. The van der Waals surface area contributed by atoms with E-state index in [1.165, 1.54) is 6.07 Å². The van der Waals surface area contributed by atoms with Crippen molar-refractivity contribution in [2.24, 2.45) is 0 Å². The first-order valence-electron chi connectivity index (χ1n) is 9.14. The molecular weight excluding hydrogens is 464 g/mol. The van der Waals surface area contributed by atoms with Crippen molar-refractivity contribution in [3.05, 3.63) is 57.5 Å². The van der Waals surface area contributed by atoms with Crippen molar-refractivity contribution in [3.63, 3.8) is 0 Å². The first-order chi connectivity index (χ1) is 13.9. The van der Waals surface area contributed by atoms with E-state index in [1.54, 1.807) is 43.3 Å². The molecule has 8 heteroatoms. The summed E-state index contributed by atoms with van der Waals surface area (Å²) in [6.07, 6.45) is 0.931. The van der Waals surface area contributed by atoms with Gasteiger partial charge in [0.25, 0.3) is 0 Å². The minimum Gasteiger partial charge on any atom is -0.478 e. The topological polar surface area (TPSA) is 71.1 Å². The lowest BCUT2D eigenvalue weighted by atomic mass is 10.2. The number of ether oxygens (including phenoxy) is 4. The quantitative estimate of drug-likeness (QED) is 0.416. The molecular formula is C21H20BrClO6. The van der Waals surface area contributed by atoms with Gasteiger partial charge in [-0.15, -0.1) is 0 Å². The Labute approximate surface area is 182 Å². The first-order valence-corrected chi connectivity index (χ1v) is 10.3. The van der Waals surface area contributed by atoms with E-state index in [-0.39, 0.29) is 18.5 Å². The van der Waals surface area contributed by atoms with E-state index in [1.807, 2.05) is 0 Å². The lowest BCUT2D eigenvalue weighted by molar-refractivity contribution is -0.141. The summed E-state index contributed by atoms with van der Waals surface area (Å²) in [6, 6.07) is 11.2. The second-order valence-electron chi connectivity index (χ2n) is 6.52. The van der Waals surface area contributed by atoms with Crippen molar-refractivity contribution in [1.29, 1.82) is 0 Å². The van der Waals surface area contributed by atoms with Gasteiger partial charge in [0.1, 0.15) is 18.1 Å². The minimum atomic E-state index is -0.873. The summed E-state index contributed by atoms with van der Waals surface area (Å²) >= 11 is 9.24. The number of benzene rings is 2. The molecule has 0 aromatic heterocycles. The molecule has 1 heterocycles. The molecule has 3 rings (SSSR count). The van der Waals surface area contributed by atoms with Crippen LogP contribution in [0.2, 0.25) is 5.02 Å². The van der Waals surface area contributed by atoms with Gasteiger partial charge in [0.05, 0.1) is 16.1 Å². The zero-order valence-electron chi connectivity index (χ0n) is 15.7. The van der Waals surface area contributed by atoms with Crippen molar-refractivity contribution < 1.29 is 28.5 Å². The van der Waals surface area contributed by atoms with Crippen LogP contribution in [0.5, 0.6) is 11.5 Å². The van der Waals surface area contributed by atoms with Crippen LogP contribution in [0.25, 0.3) is 0 Å². The summed E-state index contributed by atoms with van der Waals surface area (Å²) < 4.78 is 22.3. The van der Waals surface area contributed by atoms with Crippen LogP contribution in [0.3, 0.4) is 0 Å². The molecule has 2 aromatic rings. The average Bonchev–Trinajstić information content (AvgIpc) is 3.22. The van der Waals surface area contributed by atoms with Crippen LogP contribution < -0.4 is 9.47 Å². The highest BCUT2D eigenvalue weighted by Crippen LogP contribution is 2.29. The van der Waals surface area contributed by atoms with Crippen molar-refractivity contribution in [3.8, 4) is 11.5 Å². The summed E-state index contributed by atoms with van der Waals surface area (Å²) in [4.78, 5) is 24.6. The van der Waals surface area contributed by atoms with Crippen molar-refractivity contribution in [2.45, 2.75) is 32.0 Å². The molecule has 29 heavy (non-hydrogen) atoms. The predicted octanol–water partition coefficient (Wildman–Crippen LogP) is 4.81. The fourth-order valence-electron chi connectivity index (χ4n) is 2.72. The lowest BCUT2D eigenvalue weighted by Gasteiger charge is -2.15. The van der Waals surface area contributed by atoms with E-state index in [4.69, 9.17) is 30.5 Å². The normalized spacial score (nSPS) is 16.9. The smallest absolute Gasteiger partial charge is 0.352 e. The summed E-state index contributed by atoms with van der Waals surface area (Å²) in [5.41, 5.74) is 0.294. The van der Waals surface area contributed by atoms with Crippen molar-refractivity contribution >= 4 is 39.5 Å². The molecule has 154 valence electrons. The molecule has 0 saturated carbocycles. The van der Waals surface area contributed by atoms with Gasteiger partial charge in [-0.25, -0.2) is 9.59 Å². The van der Waals surface area contributed by atoms with Gasteiger partial charge in [-0.05, 0) is 72.1 Å². The third kappa shape index (κ3) is 6.19. The maximum absolute atomic E-state index is 12.4. The molecule has 1 aliphatic heterocycles. The van der Waals surface area contributed by atoms with Crippen LogP contribution >= 0.6 is 27.5 Å². The van der Waals surface area contributed by atoms with Crippen LogP contribution in [0.4, 0.5) is 0 Å². The zero-order valence-corrected chi connectivity index (χ0v) is 18.1. The summed E-state index contributed by atoms with van der Waals surface area (Å²) in [6.45, 7) is 2.48. The van der Waals surface area contributed by atoms with Gasteiger partial charge in [-0.1, -0.05) is 17.7 Å². The zero-order chi connectivity index (χ0) is 20.8. The van der Waals surface area contributed by atoms with E-state index in [0.29, 0.717) is 27.4 Å². The van der Waals surface area contributed by atoms with Crippen LogP contribution in [-0.4, -0.2) is 37.4 Å². The van der Waals surface area contributed by atoms with Crippen LogP contribution in [0, 0.1) is 0 Å². The van der Waals surface area contributed by atoms with Crippen LogP contribution in [0.15, 0.2) is 46.9 Å². The van der Waals surface area contributed by atoms with E-state index in [9.17, 15) is 9.59 Å². The van der Waals surface area contributed by atoms with Gasteiger partial charge in [0.2, 0.25) is 0 Å². The summed E-state index contributed by atoms with van der Waals surface area (Å²) in [5.74, 6) is -0.401. The van der Waals surface area contributed by atoms with Gasteiger partial charge in [0.15, 0.2) is 6.10 Å². The number of halogens is 2. The molecule has 1 saturated heterocycles. The van der Waals surface area contributed by atoms with Crippen LogP contribution in [0.1, 0.15) is 30.1 Å². The lowest BCUT2D eigenvalue weighted by Crippen LogP contribution is -2.28. The fourth-order valence-corrected chi connectivity index (χ4v) is 3.50. The average molecular weight is 484 g/mol. The van der Waals surface area contributed by atoms with Gasteiger partial charge >= 0.3 is 11.9 Å². The molecule has 1 fully saturated rings. The number of hydrogen-bond acceptors (Lipinski definition) is 6. The minimum absolute atomic E-state index is 0.0508. The Bertz CT molecular complexity index is 881. The standard InChI is InChI=1S/C21H20BrClO6/c1-13(28-19-8-7-15(23)11-18(19)22)20(24)29-16-5-2-4-14(10-16)21(25)27-12-17-6-3-9-26-17/h2,4-5,7-8,10-11,13,17H,3,6,9,12H2,1H3.